The number of amides is 1. The van der Waals surface area contributed by atoms with Gasteiger partial charge in [0.15, 0.2) is 5.58 Å². The Kier molecular flexibility index (Phi) is 4.29. The molecule has 1 fully saturated rings. The van der Waals surface area contributed by atoms with E-state index in [1.165, 1.54) is 0 Å². The molecule has 0 N–H and O–H groups in total. The average Bonchev–Trinajstić information content (AvgIpc) is 2.83. The summed E-state index contributed by atoms with van der Waals surface area (Å²) in [6.07, 6.45) is 1.14. The van der Waals surface area contributed by atoms with Crippen LogP contribution in [0.2, 0.25) is 0 Å². The van der Waals surface area contributed by atoms with E-state index in [9.17, 15) is 9.59 Å². The average molecular weight is 304 g/mol. The number of fused-ring (bicyclic) bond motifs is 1. The van der Waals surface area contributed by atoms with Crippen molar-refractivity contribution >= 4 is 17.0 Å². The summed E-state index contributed by atoms with van der Waals surface area (Å²) in [6.45, 7) is 4.35. The SMILES string of the molecule is C[C@H]1CN(C(=O)CCCn2c(=O)oc3ccccc32)CCO1. The van der Waals surface area contributed by atoms with E-state index in [1.807, 2.05) is 30.0 Å². The first-order chi connectivity index (χ1) is 10.6. The molecule has 6 heteroatoms. The zero-order valence-electron chi connectivity index (χ0n) is 12.7. The van der Waals surface area contributed by atoms with Crippen molar-refractivity contribution in [3.8, 4) is 0 Å². The van der Waals surface area contributed by atoms with Gasteiger partial charge in [0.25, 0.3) is 0 Å². The van der Waals surface area contributed by atoms with Crippen molar-refractivity contribution in [2.24, 2.45) is 0 Å². The third kappa shape index (κ3) is 3.06. The van der Waals surface area contributed by atoms with Crippen LogP contribution in [0.5, 0.6) is 0 Å². The maximum absolute atomic E-state index is 12.2. The van der Waals surface area contributed by atoms with E-state index >= 15 is 0 Å². The summed E-state index contributed by atoms with van der Waals surface area (Å²) in [6, 6.07) is 7.33. The van der Waals surface area contributed by atoms with Gasteiger partial charge in [-0.2, -0.15) is 0 Å². The molecule has 1 amide bonds. The Morgan fingerprint density at radius 3 is 3.00 bits per heavy atom. The molecule has 1 atom stereocenters. The van der Waals surface area contributed by atoms with E-state index in [-0.39, 0.29) is 17.8 Å². The quantitative estimate of drug-likeness (QED) is 0.861. The molecule has 0 unspecified atom stereocenters. The van der Waals surface area contributed by atoms with Gasteiger partial charge in [-0.05, 0) is 25.5 Å². The van der Waals surface area contributed by atoms with Crippen LogP contribution in [0.4, 0.5) is 0 Å². The van der Waals surface area contributed by atoms with Crippen LogP contribution in [0, 0.1) is 0 Å². The maximum Gasteiger partial charge on any atom is 0.419 e. The molecule has 2 aromatic rings. The van der Waals surface area contributed by atoms with Crippen LogP contribution in [0.3, 0.4) is 0 Å². The molecule has 3 rings (SSSR count). The Bertz CT molecular complexity index is 718. The number of oxazole rings is 1. The molecule has 0 bridgehead atoms. The van der Waals surface area contributed by atoms with Crippen molar-refractivity contribution in [2.45, 2.75) is 32.4 Å². The lowest BCUT2D eigenvalue weighted by atomic mass is 10.2. The number of aromatic nitrogens is 1. The number of ether oxygens (including phenoxy) is 1. The number of hydrogen-bond donors (Lipinski definition) is 0. The van der Waals surface area contributed by atoms with Crippen LogP contribution < -0.4 is 5.76 Å². The highest BCUT2D eigenvalue weighted by Crippen LogP contribution is 2.13. The molecule has 2 heterocycles. The zero-order chi connectivity index (χ0) is 15.5. The van der Waals surface area contributed by atoms with Crippen LogP contribution in [0.1, 0.15) is 19.8 Å². The van der Waals surface area contributed by atoms with Crippen molar-refractivity contribution in [1.82, 2.24) is 9.47 Å². The van der Waals surface area contributed by atoms with E-state index in [4.69, 9.17) is 9.15 Å². The number of hydrogen-bond acceptors (Lipinski definition) is 4. The molecule has 6 nitrogen and oxygen atoms in total. The first-order valence-corrected chi connectivity index (χ1v) is 7.63. The van der Waals surface area contributed by atoms with Gasteiger partial charge in [0, 0.05) is 26.1 Å². The minimum absolute atomic E-state index is 0.0955. The predicted molar refractivity (Wildman–Crippen MR) is 81.7 cm³/mol. The largest absolute Gasteiger partial charge is 0.419 e. The minimum Gasteiger partial charge on any atom is -0.408 e. The van der Waals surface area contributed by atoms with Gasteiger partial charge in [-0.3, -0.25) is 9.36 Å². The lowest BCUT2D eigenvalue weighted by Gasteiger charge is -2.31. The van der Waals surface area contributed by atoms with E-state index in [2.05, 4.69) is 0 Å². The number of carbonyl (C=O) groups is 1. The summed E-state index contributed by atoms with van der Waals surface area (Å²) in [7, 11) is 0. The molecule has 1 aromatic carbocycles. The second-order valence-corrected chi connectivity index (χ2v) is 5.61. The molecule has 22 heavy (non-hydrogen) atoms. The number of carbonyl (C=O) groups excluding carboxylic acids is 1. The Balaban J connectivity index is 1.59. The van der Waals surface area contributed by atoms with Gasteiger partial charge in [0.05, 0.1) is 18.2 Å². The van der Waals surface area contributed by atoms with E-state index in [0.29, 0.717) is 44.7 Å². The number of aryl methyl sites for hydroxylation is 1. The fourth-order valence-electron chi connectivity index (χ4n) is 2.82. The highest BCUT2D eigenvalue weighted by molar-refractivity contribution is 5.76. The standard InChI is InChI=1S/C16H20N2O4/c1-12-11-17(9-10-21-12)15(19)7-4-8-18-13-5-2-3-6-14(13)22-16(18)20/h2-3,5-6,12H,4,7-11H2,1H3/t12-/m0/s1. The first-order valence-electron chi connectivity index (χ1n) is 7.63. The summed E-state index contributed by atoms with van der Waals surface area (Å²) < 4.78 is 12.2. The highest BCUT2D eigenvalue weighted by Gasteiger charge is 2.21. The van der Waals surface area contributed by atoms with Gasteiger partial charge in [0.2, 0.25) is 5.91 Å². The molecule has 1 saturated heterocycles. The molecule has 118 valence electrons. The van der Waals surface area contributed by atoms with Crippen molar-refractivity contribution in [1.29, 1.82) is 0 Å². The van der Waals surface area contributed by atoms with E-state index in [1.54, 1.807) is 10.6 Å². The van der Waals surface area contributed by atoms with Gasteiger partial charge in [0.1, 0.15) is 0 Å². The summed E-state index contributed by atoms with van der Waals surface area (Å²) in [5.74, 6) is -0.246. The lowest BCUT2D eigenvalue weighted by Crippen LogP contribution is -2.44. The minimum atomic E-state index is -0.367. The first kappa shape index (κ1) is 14.8. The summed E-state index contributed by atoms with van der Waals surface area (Å²) >= 11 is 0. The Labute approximate surface area is 128 Å². The summed E-state index contributed by atoms with van der Waals surface area (Å²) in [5, 5.41) is 0. The van der Waals surface area contributed by atoms with Crippen molar-refractivity contribution in [3.63, 3.8) is 0 Å². The fraction of sp³-hybridized carbons (Fsp3) is 0.500. The maximum atomic E-state index is 12.2. The highest BCUT2D eigenvalue weighted by atomic mass is 16.5. The van der Waals surface area contributed by atoms with Crippen molar-refractivity contribution < 1.29 is 13.9 Å². The lowest BCUT2D eigenvalue weighted by molar-refractivity contribution is -0.138. The van der Waals surface area contributed by atoms with Gasteiger partial charge in [-0.15, -0.1) is 0 Å². The molecule has 1 aliphatic heterocycles. The van der Waals surface area contributed by atoms with E-state index < -0.39 is 0 Å². The molecule has 0 aliphatic carbocycles. The summed E-state index contributed by atoms with van der Waals surface area (Å²) in [5.41, 5.74) is 1.36. The van der Waals surface area contributed by atoms with Crippen LogP contribution in [-0.4, -0.2) is 41.2 Å². The second-order valence-electron chi connectivity index (χ2n) is 5.61. The molecule has 0 saturated carbocycles. The fourth-order valence-corrected chi connectivity index (χ4v) is 2.82. The monoisotopic (exact) mass is 304 g/mol. The van der Waals surface area contributed by atoms with Gasteiger partial charge >= 0.3 is 5.76 Å². The van der Waals surface area contributed by atoms with Gasteiger partial charge in [-0.1, -0.05) is 12.1 Å². The number of nitrogens with zero attached hydrogens (tertiary/aromatic N) is 2. The van der Waals surface area contributed by atoms with Gasteiger partial charge in [-0.25, -0.2) is 4.79 Å². The number of rotatable bonds is 4. The van der Waals surface area contributed by atoms with Crippen LogP contribution in [-0.2, 0) is 16.1 Å². The molecule has 1 aromatic heterocycles. The Hall–Kier alpha value is -2.08. The van der Waals surface area contributed by atoms with Crippen LogP contribution in [0.15, 0.2) is 33.5 Å². The number of benzene rings is 1. The third-order valence-corrected chi connectivity index (χ3v) is 3.94. The van der Waals surface area contributed by atoms with E-state index in [0.717, 1.165) is 5.52 Å². The predicted octanol–water partition coefficient (Wildman–Crippen LogP) is 1.62. The smallest absolute Gasteiger partial charge is 0.408 e. The van der Waals surface area contributed by atoms with Crippen LogP contribution >= 0.6 is 0 Å². The molecule has 0 spiro atoms. The summed E-state index contributed by atoms with van der Waals surface area (Å²) in [4.78, 5) is 25.9. The van der Waals surface area contributed by atoms with Crippen molar-refractivity contribution in [3.05, 3.63) is 34.8 Å². The zero-order valence-corrected chi connectivity index (χ0v) is 12.7. The van der Waals surface area contributed by atoms with Gasteiger partial charge < -0.3 is 14.1 Å². The second kappa shape index (κ2) is 6.36. The normalized spacial score (nSPS) is 18.8. The topological polar surface area (TPSA) is 64.7 Å². The van der Waals surface area contributed by atoms with Crippen LogP contribution in [0.25, 0.3) is 11.1 Å². The number of para-hydroxylation sites is 2. The molecule has 0 radical (unpaired) electrons. The Morgan fingerprint density at radius 2 is 2.18 bits per heavy atom. The number of morpholine rings is 1. The molecule has 1 aliphatic rings. The molecular weight excluding hydrogens is 284 g/mol. The van der Waals surface area contributed by atoms with Crippen molar-refractivity contribution in [2.75, 3.05) is 19.7 Å². The Morgan fingerprint density at radius 1 is 1.36 bits per heavy atom. The molecular formula is C16H20N2O4. The third-order valence-electron chi connectivity index (χ3n) is 3.94.